The largest absolute Gasteiger partial charge is 0.481 e. The Hall–Kier alpha value is -1.69. The fourth-order valence-corrected chi connectivity index (χ4v) is 3.41. The lowest BCUT2D eigenvalue weighted by atomic mass is 10.1. The molecule has 0 saturated carbocycles. The number of carboxylic acids is 1. The first-order valence-corrected chi connectivity index (χ1v) is 9.10. The molecule has 0 aliphatic carbocycles. The average molecular weight is 336 g/mol. The maximum atomic E-state index is 12.1. The second-order valence-corrected chi connectivity index (χ2v) is 7.19. The number of hydrogen-bond donors (Lipinski definition) is 2. The molecule has 5 nitrogen and oxygen atoms in total. The molecule has 1 atom stereocenters. The Labute approximate surface area is 141 Å². The Balaban J connectivity index is 1.82. The molecule has 1 fully saturated rings. The van der Waals surface area contributed by atoms with Gasteiger partial charge in [-0.15, -0.1) is 11.8 Å². The lowest BCUT2D eigenvalue weighted by molar-refractivity contribution is -0.136. The van der Waals surface area contributed by atoms with Gasteiger partial charge in [0.1, 0.15) is 0 Å². The van der Waals surface area contributed by atoms with E-state index in [0.29, 0.717) is 5.75 Å². The number of amides is 1. The number of aliphatic carboxylic acids is 1. The van der Waals surface area contributed by atoms with Crippen molar-refractivity contribution in [3.05, 3.63) is 24.3 Å². The molecule has 0 aromatic heterocycles. The number of carbonyl (C=O) groups is 2. The van der Waals surface area contributed by atoms with E-state index in [0.717, 1.165) is 18.8 Å². The van der Waals surface area contributed by atoms with Gasteiger partial charge in [0, 0.05) is 30.2 Å². The topological polar surface area (TPSA) is 69.6 Å². The van der Waals surface area contributed by atoms with Gasteiger partial charge in [-0.05, 0) is 50.5 Å². The summed E-state index contributed by atoms with van der Waals surface area (Å²) in [5, 5.41) is 11.2. The van der Waals surface area contributed by atoms with Crippen LogP contribution >= 0.6 is 11.8 Å². The smallest absolute Gasteiger partial charge is 0.304 e. The van der Waals surface area contributed by atoms with Crippen molar-refractivity contribution in [3.63, 3.8) is 0 Å². The van der Waals surface area contributed by atoms with Gasteiger partial charge in [-0.3, -0.25) is 9.59 Å². The van der Waals surface area contributed by atoms with Crippen LogP contribution in [0.15, 0.2) is 24.3 Å². The summed E-state index contributed by atoms with van der Waals surface area (Å²) in [5.74, 6) is -0.484. The fraction of sp³-hybridized carbons (Fsp3) is 0.529. The molecule has 1 aromatic rings. The number of nitrogens with one attached hydrogen (secondary N) is 1. The van der Waals surface area contributed by atoms with Gasteiger partial charge >= 0.3 is 5.97 Å². The van der Waals surface area contributed by atoms with Gasteiger partial charge in [-0.25, -0.2) is 0 Å². The molecule has 6 heteroatoms. The number of thioether (sulfide) groups is 1. The third kappa shape index (κ3) is 5.78. The van der Waals surface area contributed by atoms with E-state index in [2.05, 4.69) is 10.2 Å². The minimum absolute atomic E-state index is 0.0762. The molecule has 23 heavy (non-hydrogen) atoms. The Morgan fingerprint density at radius 1 is 1.22 bits per heavy atom. The molecule has 0 radical (unpaired) electrons. The molecule has 1 unspecified atom stereocenters. The zero-order valence-electron chi connectivity index (χ0n) is 13.5. The Morgan fingerprint density at radius 3 is 2.48 bits per heavy atom. The number of carbonyl (C=O) groups excluding carboxylic acids is 1. The highest BCUT2D eigenvalue weighted by atomic mass is 32.2. The first-order chi connectivity index (χ1) is 11.1. The van der Waals surface area contributed by atoms with Crippen molar-refractivity contribution in [2.24, 2.45) is 0 Å². The van der Waals surface area contributed by atoms with E-state index in [1.54, 1.807) is 6.92 Å². The van der Waals surface area contributed by atoms with Gasteiger partial charge < -0.3 is 15.3 Å². The molecular weight excluding hydrogens is 312 g/mol. The van der Waals surface area contributed by atoms with Crippen LogP contribution in [0, 0.1) is 0 Å². The quantitative estimate of drug-likeness (QED) is 0.800. The predicted octanol–water partition coefficient (Wildman–Crippen LogP) is 3.21. The molecule has 2 rings (SSSR count). The van der Waals surface area contributed by atoms with E-state index in [1.165, 1.54) is 36.7 Å². The normalized spacial score (nSPS) is 16.0. The molecule has 1 aliphatic heterocycles. The van der Waals surface area contributed by atoms with Crippen molar-refractivity contribution >= 4 is 35.0 Å². The molecule has 1 heterocycles. The average Bonchev–Trinajstić information content (AvgIpc) is 2.56. The van der Waals surface area contributed by atoms with Crippen molar-refractivity contribution in [1.29, 1.82) is 0 Å². The second-order valence-electron chi connectivity index (χ2n) is 5.74. The number of nitrogens with zero attached hydrogens (tertiary/aromatic N) is 1. The number of carboxylic acid groups (broad SMARTS) is 1. The van der Waals surface area contributed by atoms with Gasteiger partial charge in [0.15, 0.2) is 0 Å². The van der Waals surface area contributed by atoms with Crippen LogP contribution in [-0.2, 0) is 9.59 Å². The van der Waals surface area contributed by atoms with Crippen molar-refractivity contribution in [2.45, 2.75) is 37.9 Å². The third-order valence-electron chi connectivity index (χ3n) is 3.91. The highest BCUT2D eigenvalue weighted by molar-refractivity contribution is 8.00. The van der Waals surface area contributed by atoms with Crippen LogP contribution in [0.4, 0.5) is 11.4 Å². The van der Waals surface area contributed by atoms with Crippen LogP contribution in [-0.4, -0.2) is 41.1 Å². The van der Waals surface area contributed by atoms with Crippen LogP contribution in [0.25, 0.3) is 0 Å². The molecule has 1 aliphatic rings. The summed E-state index contributed by atoms with van der Waals surface area (Å²) >= 11 is 1.36. The summed E-state index contributed by atoms with van der Waals surface area (Å²) in [4.78, 5) is 24.9. The number of anilines is 2. The Bertz CT molecular complexity index is 527. The predicted molar refractivity (Wildman–Crippen MR) is 95.3 cm³/mol. The van der Waals surface area contributed by atoms with Gasteiger partial charge in [-0.1, -0.05) is 0 Å². The molecule has 1 aromatic carbocycles. The summed E-state index contributed by atoms with van der Waals surface area (Å²) in [6, 6.07) is 7.94. The highest BCUT2D eigenvalue weighted by Crippen LogP contribution is 2.22. The number of hydrogen-bond acceptors (Lipinski definition) is 4. The van der Waals surface area contributed by atoms with E-state index < -0.39 is 5.97 Å². The van der Waals surface area contributed by atoms with E-state index in [9.17, 15) is 9.59 Å². The van der Waals surface area contributed by atoms with Crippen molar-refractivity contribution in [2.75, 3.05) is 29.1 Å². The van der Waals surface area contributed by atoms with E-state index >= 15 is 0 Å². The first-order valence-electron chi connectivity index (χ1n) is 8.05. The number of benzene rings is 1. The third-order valence-corrected chi connectivity index (χ3v) is 5.06. The van der Waals surface area contributed by atoms with Crippen LogP contribution in [0.3, 0.4) is 0 Å². The lowest BCUT2D eigenvalue weighted by Gasteiger charge is -2.28. The molecular formula is C17H24N2O3S. The van der Waals surface area contributed by atoms with Crippen LogP contribution in [0.2, 0.25) is 0 Å². The zero-order chi connectivity index (χ0) is 16.7. The van der Waals surface area contributed by atoms with Gasteiger partial charge in [0.2, 0.25) is 5.91 Å². The lowest BCUT2D eigenvalue weighted by Crippen LogP contribution is -2.29. The van der Waals surface area contributed by atoms with E-state index in [1.807, 2.05) is 24.3 Å². The standard InChI is InChI=1S/C17H24N2O3S/c1-13(23-12-9-16(20)21)17(22)18-14-5-7-15(8-6-14)19-10-3-2-4-11-19/h5-8,13H,2-4,9-12H2,1H3,(H,18,22)(H,20,21). The Kier molecular flexibility index (Phi) is 6.77. The van der Waals surface area contributed by atoms with Crippen LogP contribution < -0.4 is 10.2 Å². The molecule has 126 valence electrons. The zero-order valence-corrected chi connectivity index (χ0v) is 14.3. The van der Waals surface area contributed by atoms with Crippen LogP contribution in [0.5, 0.6) is 0 Å². The summed E-state index contributed by atoms with van der Waals surface area (Å²) in [6.07, 6.45) is 3.86. The van der Waals surface area contributed by atoms with Crippen molar-refractivity contribution in [1.82, 2.24) is 0 Å². The van der Waals surface area contributed by atoms with Gasteiger partial charge in [-0.2, -0.15) is 0 Å². The Morgan fingerprint density at radius 2 is 1.87 bits per heavy atom. The van der Waals surface area contributed by atoms with E-state index in [4.69, 9.17) is 5.11 Å². The first kappa shape index (κ1) is 17.7. The second kappa shape index (κ2) is 8.82. The van der Waals surface area contributed by atoms with Crippen molar-refractivity contribution in [3.8, 4) is 0 Å². The van der Waals surface area contributed by atoms with E-state index in [-0.39, 0.29) is 17.6 Å². The maximum absolute atomic E-state index is 12.1. The van der Waals surface area contributed by atoms with Gasteiger partial charge in [0.05, 0.1) is 11.7 Å². The summed E-state index contributed by atoms with van der Waals surface area (Å²) in [5.41, 5.74) is 1.98. The number of piperidine rings is 1. The summed E-state index contributed by atoms with van der Waals surface area (Å²) < 4.78 is 0. The fourth-order valence-electron chi connectivity index (χ4n) is 2.55. The van der Waals surface area contributed by atoms with Crippen LogP contribution in [0.1, 0.15) is 32.6 Å². The summed E-state index contributed by atoms with van der Waals surface area (Å²) in [7, 11) is 0. The maximum Gasteiger partial charge on any atom is 0.304 e. The molecule has 0 spiro atoms. The minimum Gasteiger partial charge on any atom is -0.481 e. The molecule has 0 bridgehead atoms. The minimum atomic E-state index is -0.835. The summed E-state index contributed by atoms with van der Waals surface area (Å²) in [6.45, 7) is 4.00. The SMILES string of the molecule is CC(SCCC(=O)O)C(=O)Nc1ccc(N2CCCCC2)cc1. The number of rotatable bonds is 7. The van der Waals surface area contributed by atoms with Gasteiger partial charge in [0.25, 0.3) is 0 Å². The highest BCUT2D eigenvalue weighted by Gasteiger charge is 2.15. The molecule has 2 N–H and O–H groups in total. The molecule has 1 amide bonds. The molecule has 1 saturated heterocycles. The van der Waals surface area contributed by atoms with Crippen molar-refractivity contribution < 1.29 is 14.7 Å². The monoisotopic (exact) mass is 336 g/mol.